The molecule has 15 heavy (non-hydrogen) atoms. The van der Waals surface area contributed by atoms with Crippen molar-refractivity contribution in [3.63, 3.8) is 0 Å². The van der Waals surface area contributed by atoms with E-state index in [9.17, 15) is 9.50 Å². The summed E-state index contributed by atoms with van der Waals surface area (Å²) in [4.78, 5) is 0. The van der Waals surface area contributed by atoms with E-state index in [4.69, 9.17) is 9.84 Å². The van der Waals surface area contributed by atoms with Gasteiger partial charge in [-0.15, -0.1) is 0 Å². The predicted molar refractivity (Wildman–Crippen MR) is 54.1 cm³/mol. The number of aliphatic hydroxyl groups excluding tert-OH is 2. The zero-order valence-corrected chi connectivity index (χ0v) is 8.34. The molecule has 84 valence electrons. The summed E-state index contributed by atoms with van der Waals surface area (Å²) in [6, 6.07) is 9.27. The Bertz CT molecular complexity index is 266. The molecule has 0 aromatic heterocycles. The first-order valence-electron chi connectivity index (χ1n) is 4.78. The lowest BCUT2D eigenvalue weighted by Crippen LogP contribution is -2.33. The fourth-order valence-corrected chi connectivity index (χ4v) is 1.15. The summed E-state index contributed by atoms with van der Waals surface area (Å²) in [5, 5.41) is 17.8. The summed E-state index contributed by atoms with van der Waals surface area (Å²) < 4.78 is 17.5. The van der Waals surface area contributed by atoms with Gasteiger partial charge in [0, 0.05) is 0 Å². The molecule has 1 aromatic rings. The predicted octanol–water partition coefficient (Wildman–Crippen LogP) is 0.895. The Morgan fingerprint density at radius 2 is 1.93 bits per heavy atom. The second kappa shape index (κ2) is 6.50. The van der Waals surface area contributed by atoms with Crippen molar-refractivity contribution in [2.24, 2.45) is 0 Å². The van der Waals surface area contributed by atoms with Gasteiger partial charge in [-0.3, -0.25) is 0 Å². The topological polar surface area (TPSA) is 49.7 Å². The highest BCUT2D eigenvalue weighted by Crippen LogP contribution is 2.06. The van der Waals surface area contributed by atoms with Gasteiger partial charge in [0.25, 0.3) is 0 Å². The van der Waals surface area contributed by atoms with Crippen LogP contribution in [0.3, 0.4) is 0 Å². The molecule has 0 amide bonds. The molecule has 1 aromatic carbocycles. The van der Waals surface area contributed by atoms with Crippen molar-refractivity contribution in [1.82, 2.24) is 0 Å². The van der Waals surface area contributed by atoms with Crippen LogP contribution in [-0.2, 0) is 11.3 Å². The highest BCUT2D eigenvalue weighted by Gasteiger charge is 2.18. The van der Waals surface area contributed by atoms with Gasteiger partial charge in [0.15, 0.2) is 0 Å². The lowest BCUT2D eigenvalue weighted by atomic mass is 10.2. The van der Waals surface area contributed by atoms with Crippen LogP contribution in [0, 0.1) is 0 Å². The molecule has 2 atom stereocenters. The summed E-state index contributed by atoms with van der Waals surface area (Å²) >= 11 is 0. The normalized spacial score (nSPS) is 14.9. The van der Waals surface area contributed by atoms with Crippen LogP contribution in [0.15, 0.2) is 30.3 Å². The molecule has 4 heteroatoms. The van der Waals surface area contributed by atoms with E-state index in [0.29, 0.717) is 0 Å². The maximum absolute atomic E-state index is 12.4. The summed E-state index contributed by atoms with van der Waals surface area (Å²) in [6.45, 7) is -1.08. The summed E-state index contributed by atoms with van der Waals surface area (Å²) in [6.07, 6.45) is -2.13. The number of hydrogen-bond donors (Lipinski definition) is 2. The SMILES string of the molecule is OCC(O)C(CF)OCc1ccccc1. The first-order valence-corrected chi connectivity index (χ1v) is 4.78. The van der Waals surface area contributed by atoms with E-state index in [0.717, 1.165) is 5.56 Å². The van der Waals surface area contributed by atoms with Gasteiger partial charge < -0.3 is 14.9 Å². The fraction of sp³-hybridized carbons (Fsp3) is 0.455. The number of alkyl halides is 1. The average molecular weight is 214 g/mol. The Hall–Kier alpha value is -0.970. The molecule has 0 heterocycles. The van der Waals surface area contributed by atoms with Crippen LogP contribution in [0.25, 0.3) is 0 Å². The Kier molecular flexibility index (Phi) is 5.25. The van der Waals surface area contributed by atoms with Crippen LogP contribution in [0.1, 0.15) is 5.56 Å². The highest BCUT2D eigenvalue weighted by atomic mass is 19.1. The van der Waals surface area contributed by atoms with E-state index in [1.165, 1.54) is 0 Å². The third kappa shape index (κ3) is 3.95. The molecule has 0 saturated heterocycles. The Morgan fingerprint density at radius 1 is 1.27 bits per heavy atom. The second-order valence-electron chi connectivity index (χ2n) is 3.24. The summed E-state index contributed by atoms with van der Waals surface area (Å²) in [5.41, 5.74) is 0.904. The van der Waals surface area contributed by atoms with E-state index in [1.54, 1.807) is 0 Å². The largest absolute Gasteiger partial charge is 0.394 e. The van der Waals surface area contributed by atoms with Crippen molar-refractivity contribution in [3.05, 3.63) is 35.9 Å². The Morgan fingerprint density at radius 3 is 2.47 bits per heavy atom. The van der Waals surface area contributed by atoms with Gasteiger partial charge in [-0.1, -0.05) is 30.3 Å². The van der Waals surface area contributed by atoms with E-state index < -0.39 is 25.5 Å². The van der Waals surface area contributed by atoms with Gasteiger partial charge in [0.05, 0.1) is 13.2 Å². The minimum absolute atomic E-state index is 0.229. The average Bonchev–Trinajstić information content (AvgIpc) is 2.31. The maximum Gasteiger partial charge on any atom is 0.118 e. The summed E-state index contributed by atoms with van der Waals surface area (Å²) in [7, 11) is 0. The lowest BCUT2D eigenvalue weighted by Gasteiger charge is -2.18. The zero-order chi connectivity index (χ0) is 11.1. The first-order chi connectivity index (χ1) is 7.27. The van der Waals surface area contributed by atoms with Gasteiger partial charge >= 0.3 is 0 Å². The van der Waals surface area contributed by atoms with Crippen LogP contribution >= 0.6 is 0 Å². The minimum atomic E-state index is -1.17. The molecule has 1 rings (SSSR count). The van der Waals surface area contributed by atoms with Gasteiger partial charge in [-0.25, -0.2) is 4.39 Å². The molecular weight excluding hydrogens is 199 g/mol. The van der Waals surface area contributed by atoms with E-state index in [2.05, 4.69) is 0 Å². The smallest absolute Gasteiger partial charge is 0.118 e. The van der Waals surface area contributed by atoms with E-state index in [-0.39, 0.29) is 6.61 Å². The molecule has 3 nitrogen and oxygen atoms in total. The number of halogens is 1. The van der Waals surface area contributed by atoms with Gasteiger partial charge in [-0.2, -0.15) is 0 Å². The number of benzene rings is 1. The quantitative estimate of drug-likeness (QED) is 0.739. The molecule has 0 aliphatic rings. The molecular formula is C11H15FO3. The van der Waals surface area contributed by atoms with E-state index >= 15 is 0 Å². The molecule has 0 bridgehead atoms. The van der Waals surface area contributed by atoms with Crippen LogP contribution in [-0.4, -0.2) is 35.7 Å². The van der Waals surface area contributed by atoms with Crippen molar-refractivity contribution < 1.29 is 19.3 Å². The van der Waals surface area contributed by atoms with Crippen LogP contribution in [0.5, 0.6) is 0 Å². The van der Waals surface area contributed by atoms with Gasteiger partial charge in [-0.05, 0) is 5.56 Å². The van der Waals surface area contributed by atoms with Gasteiger partial charge in [0.1, 0.15) is 18.9 Å². The monoisotopic (exact) mass is 214 g/mol. The molecule has 0 radical (unpaired) electrons. The number of ether oxygens (including phenoxy) is 1. The van der Waals surface area contributed by atoms with Crippen LogP contribution in [0.4, 0.5) is 4.39 Å². The van der Waals surface area contributed by atoms with Gasteiger partial charge in [0.2, 0.25) is 0 Å². The molecule has 2 N–H and O–H groups in total. The first kappa shape index (κ1) is 12.1. The fourth-order valence-electron chi connectivity index (χ4n) is 1.15. The van der Waals surface area contributed by atoms with Crippen molar-refractivity contribution in [1.29, 1.82) is 0 Å². The third-order valence-electron chi connectivity index (χ3n) is 2.08. The number of aliphatic hydroxyl groups is 2. The Balaban J connectivity index is 2.41. The molecule has 0 aliphatic heterocycles. The third-order valence-corrected chi connectivity index (χ3v) is 2.08. The second-order valence-corrected chi connectivity index (χ2v) is 3.24. The molecule has 2 unspecified atom stereocenters. The lowest BCUT2D eigenvalue weighted by molar-refractivity contribution is -0.0738. The standard InChI is InChI=1S/C11H15FO3/c12-6-11(10(14)7-13)15-8-9-4-2-1-3-5-9/h1-5,10-11,13-14H,6-8H2. The molecule has 0 spiro atoms. The number of rotatable bonds is 6. The van der Waals surface area contributed by atoms with Crippen molar-refractivity contribution in [2.45, 2.75) is 18.8 Å². The maximum atomic E-state index is 12.4. The molecule has 0 aliphatic carbocycles. The highest BCUT2D eigenvalue weighted by molar-refractivity contribution is 5.13. The minimum Gasteiger partial charge on any atom is -0.394 e. The van der Waals surface area contributed by atoms with Crippen LogP contribution < -0.4 is 0 Å². The zero-order valence-electron chi connectivity index (χ0n) is 8.34. The molecule has 0 fully saturated rings. The van der Waals surface area contributed by atoms with Crippen LogP contribution in [0.2, 0.25) is 0 Å². The van der Waals surface area contributed by atoms with Crippen molar-refractivity contribution >= 4 is 0 Å². The van der Waals surface area contributed by atoms with Crippen molar-refractivity contribution in [3.8, 4) is 0 Å². The summed E-state index contributed by atoms with van der Waals surface area (Å²) in [5.74, 6) is 0. The van der Waals surface area contributed by atoms with Crippen molar-refractivity contribution in [2.75, 3.05) is 13.3 Å². The van der Waals surface area contributed by atoms with E-state index in [1.807, 2.05) is 30.3 Å². The number of hydrogen-bond acceptors (Lipinski definition) is 3. The Labute approximate surface area is 88.1 Å². The molecule has 0 saturated carbocycles.